The standard InChI is InChI=1S/C13H17FN2O2/c14-11-6-7-12(16(17)18)13(10-11)15-8-4-2-1-3-5-9-15/h6-7,10H,1-5,8-9H2. The molecule has 0 amide bonds. The third kappa shape index (κ3) is 2.97. The fraction of sp³-hybridized carbons (Fsp3) is 0.538. The molecule has 1 saturated heterocycles. The maximum atomic E-state index is 13.3. The summed E-state index contributed by atoms with van der Waals surface area (Å²) in [6.45, 7) is 1.54. The normalized spacial score (nSPS) is 17.1. The average Bonchev–Trinajstić information content (AvgIpc) is 2.27. The summed E-state index contributed by atoms with van der Waals surface area (Å²) in [7, 11) is 0. The lowest BCUT2D eigenvalue weighted by Gasteiger charge is -2.26. The molecule has 4 nitrogen and oxygen atoms in total. The number of nitrogens with zero attached hydrogens (tertiary/aromatic N) is 2. The van der Waals surface area contributed by atoms with Crippen LogP contribution in [0.15, 0.2) is 18.2 Å². The van der Waals surface area contributed by atoms with Crippen molar-refractivity contribution in [2.75, 3.05) is 18.0 Å². The van der Waals surface area contributed by atoms with Crippen LogP contribution in [0.2, 0.25) is 0 Å². The van der Waals surface area contributed by atoms with E-state index in [-0.39, 0.29) is 5.69 Å². The second kappa shape index (κ2) is 5.80. The molecule has 5 heteroatoms. The Kier molecular flexibility index (Phi) is 4.12. The van der Waals surface area contributed by atoms with Gasteiger partial charge in [0.25, 0.3) is 5.69 Å². The van der Waals surface area contributed by atoms with Crippen molar-refractivity contribution < 1.29 is 9.31 Å². The Labute approximate surface area is 106 Å². The molecule has 0 bridgehead atoms. The van der Waals surface area contributed by atoms with Gasteiger partial charge >= 0.3 is 0 Å². The van der Waals surface area contributed by atoms with E-state index in [2.05, 4.69) is 0 Å². The minimum Gasteiger partial charge on any atom is -0.366 e. The van der Waals surface area contributed by atoms with Crippen LogP contribution in [0.4, 0.5) is 15.8 Å². The topological polar surface area (TPSA) is 46.4 Å². The van der Waals surface area contributed by atoms with Crippen LogP contribution in [0.5, 0.6) is 0 Å². The van der Waals surface area contributed by atoms with Gasteiger partial charge in [0.15, 0.2) is 0 Å². The van der Waals surface area contributed by atoms with Crippen LogP contribution >= 0.6 is 0 Å². The van der Waals surface area contributed by atoms with Gasteiger partial charge in [0.2, 0.25) is 0 Å². The highest BCUT2D eigenvalue weighted by molar-refractivity contribution is 5.63. The van der Waals surface area contributed by atoms with Gasteiger partial charge in [-0.15, -0.1) is 0 Å². The van der Waals surface area contributed by atoms with Gasteiger partial charge in [0.05, 0.1) is 4.92 Å². The lowest BCUT2D eigenvalue weighted by molar-refractivity contribution is -0.384. The van der Waals surface area contributed by atoms with Crippen LogP contribution < -0.4 is 4.90 Å². The molecular weight excluding hydrogens is 235 g/mol. The van der Waals surface area contributed by atoms with Crippen molar-refractivity contribution in [2.24, 2.45) is 0 Å². The monoisotopic (exact) mass is 252 g/mol. The molecule has 1 aromatic carbocycles. The number of rotatable bonds is 2. The zero-order valence-electron chi connectivity index (χ0n) is 10.3. The lowest BCUT2D eigenvalue weighted by Crippen LogP contribution is -2.27. The van der Waals surface area contributed by atoms with Crippen LogP contribution in [-0.2, 0) is 0 Å². The number of hydrogen-bond acceptors (Lipinski definition) is 3. The first-order valence-corrected chi connectivity index (χ1v) is 6.37. The third-order valence-electron chi connectivity index (χ3n) is 3.33. The van der Waals surface area contributed by atoms with E-state index in [4.69, 9.17) is 0 Å². The molecule has 18 heavy (non-hydrogen) atoms. The van der Waals surface area contributed by atoms with Crippen molar-refractivity contribution in [3.8, 4) is 0 Å². The average molecular weight is 252 g/mol. The molecule has 1 heterocycles. The van der Waals surface area contributed by atoms with E-state index in [0.717, 1.165) is 44.8 Å². The van der Waals surface area contributed by atoms with Crippen LogP contribution in [-0.4, -0.2) is 18.0 Å². The van der Waals surface area contributed by atoms with Crippen molar-refractivity contribution in [1.29, 1.82) is 0 Å². The smallest absolute Gasteiger partial charge is 0.292 e. The molecule has 0 aromatic heterocycles. The number of halogens is 1. The molecule has 0 saturated carbocycles. The molecule has 0 radical (unpaired) electrons. The number of anilines is 1. The molecule has 0 aliphatic carbocycles. The molecule has 1 aromatic rings. The van der Waals surface area contributed by atoms with Gasteiger partial charge < -0.3 is 4.90 Å². The minimum absolute atomic E-state index is 0.00280. The Hall–Kier alpha value is -1.65. The molecule has 1 fully saturated rings. The van der Waals surface area contributed by atoms with Crippen molar-refractivity contribution in [1.82, 2.24) is 0 Å². The maximum Gasteiger partial charge on any atom is 0.292 e. The van der Waals surface area contributed by atoms with E-state index >= 15 is 0 Å². The van der Waals surface area contributed by atoms with Crippen molar-refractivity contribution >= 4 is 11.4 Å². The number of nitro benzene ring substituents is 1. The highest BCUT2D eigenvalue weighted by atomic mass is 19.1. The van der Waals surface area contributed by atoms with Gasteiger partial charge in [-0.3, -0.25) is 10.1 Å². The largest absolute Gasteiger partial charge is 0.366 e. The predicted molar refractivity (Wildman–Crippen MR) is 68.4 cm³/mol. The highest BCUT2D eigenvalue weighted by Crippen LogP contribution is 2.30. The van der Waals surface area contributed by atoms with Crippen LogP contribution in [0.25, 0.3) is 0 Å². The summed E-state index contributed by atoms with van der Waals surface area (Å²) in [4.78, 5) is 12.5. The van der Waals surface area contributed by atoms with E-state index in [1.807, 2.05) is 4.90 Å². The Morgan fingerprint density at radius 2 is 1.72 bits per heavy atom. The van der Waals surface area contributed by atoms with Gasteiger partial charge in [-0.25, -0.2) is 4.39 Å². The number of benzene rings is 1. The molecule has 1 aliphatic heterocycles. The summed E-state index contributed by atoms with van der Waals surface area (Å²) in [6, 6.07) is 3.68. The molecule has 1 aliphatic rings. The lowest BCUT2D eigenvalue weighted by atomic mass is 10.1. The van der Waals surface area contributed by atoms with Crippen LogP contribution in [0.1, 0.15) is 32.1 Å². The first-order valence-electron chi connectivity index (χ1n) is 6.37. The van der Waals surface area contributed by atoms with E-state index in [1.165, 1.54) is 18.6 Å². The van der Waals surface area contributed by atoms with Gasteiger partial charge in [-0.1, -0.05) is 19.3 Å². The van der Waals surface area contributed by atoms with E-state index in [9.17, 15) is 14.5 Å². The summed E-state index contributed by atoms with van der Waals surface area (Å²) in [6.07, 6.45) is 5.51. The Bertz CT molecular complexity index is 429. The highest BCUT2D eigenvalue weighted by Gasteiger charge is 2.20. The summed E-state index contributed by atoms with van der Waals surface area (Å²) >= 11 is 0. The summed E-state index contributed by atoms with van der Waals surface area (Å²) in [5.74, 6) is -0.419. The van der Waals surface area contributed by atoms with Crippen molar-refractivity contribution in [2.45, 2.75) is 32.1 Å². The molecule has 2 rings (SSSR count). The quantitative estimate of drug-likeness (QED) is 0.597. The molecule has 0 N–H and O–H groups in total. The molecule has 0 spiro atoms. The molecule has 0 unspecified atom stereocenters. The van der Waals surface area contributed by atoms with Gasteiger partial charge in [-0.05, 0) is 18.9 Å². The predicted octanol–water partition coefficient (Wildman–Crippen LogP) is 3.50. The number of hydrogen-bond donors (Lipinski definition) is 0. The second-order valence-electron chi connectivity index (χ2n) is 4.64. The summed E-state index contributed by atoms with van der Waals surface area (Å²) < 4.78 is 13.3. The van der Waals surface area contributed by atoms with Crippen LogP contribution in [0, 0.1) is 15.9 Å². The van der Waals surface area contributed by atoms with E-state index in [1.54, 1.807) is 0 Å². The SMILES string of the molecule is O=[N+]([O-])c1ccc(F)cc1N1CCCCCCC1. The zero-order valence-corrected chi connectivity index (χ0v) is 10.3. The Morgan fingerprint density at radius 3 is 2.33 bits per heavy atom. The van der Waals surface area contributed by atoms with Crippen molar-refractivity contribution in [3.05, 3.63) is 34.1 Å². The summed E-state index contributed by atoms with van der Waals surface area (Å²) in [5.41, 5.74) is 0.416. The van der Waals surface area contributed by atoms with E-state index in [0.29, 0.717) is 5.69 Å². The van der Waals surface area contributed by atoms with Gasteiger partial charge in [0, 0.05) is 25.2 Å². The first kappa shape index (κ1) is 12.8. The molecule has 98 valence electrons. The molecule has 0 atom stereocenters. The van der Waals surface area contributed by atoms with Gasteiger partial charge in [0.1, 0.15) is 11.5 Å². The maximum absolute atomic E-state index is 13.3. The first-order chi connectivity index (χ1) is 8.68. The molecular formula is C13H17FN2O2. The third-order valence-corrected chi connectivity index (χ3v) is 3.33. The fourth-order valence-corrected chi connectivity index (χ4v) is 2.39. The fourth-order valence-electron chi connectivity index (χ4n) is 2.39. The van der Waals surface area contributed by atoms with E-state index < -0.39 is 10.7 Å². The van der Waals surface area contributed by atoms with Crippen molar-refractivity contribution in [3.63, 3.8) is 0 Å². The minimum atomic E-state index is -0.437. The zero-order chi connectivity index (χ0) is 13.0. The Morgan fingerprint density at radius 1 is 1.11 bits per heavy atom. The second-order valence-corrected chi connectivity index (χ2v) is 4.64. The number of nitro groups is 1. The summed E-state index contributed by atoms with van der Waals surface area (Å²) in [5, 5.41) is 11.0. The Balaban J connectivity index is 2.28. The van der Waals surface area contributed by atoms with Crippen LogP contribution in [0.3, 0.4) is 0 Å². The van der Waals surface area contributed by atoms with Gasteiger partial charge in [-0.2, -0.15) is 0 Å².